The number of alkyl halides is 3. The first-order valence-corrected chi connectivity index (χ1v) is 11.9. The molecule has 0 aliphatic heterocycles. The smallest absolute Gasteiger partial charge is 0.417 e. The van der Waals surface area contributed by atoms with E-state index in [4.69, 9.17) is 0 Å². The lowest BCUT2D eigenvalue weighted by atomic mass is 9.99. The second-order valence-corrected chi connectivity index (χ2v) is 8.87. The zero-order valence-corrected chi connectivity index (χ0v) is 19.9. The number of nitriles is 1. The molecule has 1 aromatic heterocycles. The van der Waals surface area contributed by atoms with E-state index in [1.165, 1.54) is 30.0 Å². The number of aromatic nitrogens is 1. The van der Waals surface area contributed by atoms with Crippen LogP contribution in [0.3, 0.4) is 0 Å². The summed E-state index contributed by atoms with van der Waals surface area (Å²) in [4.78, 5) is 13.7. The van der Waals surface area contributed by atoms with Crippen LogP contribution in [0.25, 0.3) is 22.4 Å². The van der Waals surface area contributed by atoms with Crippen molar-refractivity contribution in [2.45, 2.75) is 17.6 Å². The molecule has 0 unspecified atom stereocenters. The van der Waals surface area contributed by atoms with Gasteiger partial charge >= 0.3 is 6.18 Å². The molecule has 1 N–H and O–H groups in total. The summed E-state index contributed by atoms with van der Waals surface area (Å²) in [6, 6.07) is 15.8. The van der Waals surface area contributed by atoms with E-state index >= 15 is 0 Å². The van der Waals surface area contributed by atoms with E-state index in [2.05, 4.69) is 0 Å². The number of pyridine rings is 1. The fourth-order valence-electron chi connectivity index (χ4n) is 3.91. The normalized spacial score (nSPS) is 11.4. The van der Waals surface area contributed by atoms with Crippen LogP contribution in [0.15, 0.2) is 76.4 Å². The first kappa shape index (κ1) is 26.0. The van der Waals surface area contributed by atoms with Crippen LogP contribution in [0, 0.1) is 23.0 Å². The van der Waals surface area contributed by atoms with Gasteiger partial charge in [0.15, 0.2) is 0 Å². The lowest BCUT2D eigenvalue weighted by molar-refractivity contribution is -0.137. The molecule has 0 bridgehead atoms. The van der Waals surface area contributed by atoms with Crippen LogP contribution in [-0.4, -0.2) is 15.9 Å². The first-order chi connectivity index (χ1) is 17.5. The summed E-state index contributed by atoms with van der Waals surface area (Å²) < 4.78 is 70.1. The Morgan fingerprint density at radius 2 is 1.68 bits per heavy atom. The number of rotatable bonds is 5. The highest BCUT2D eigenvalue weighted by Gasteiger charge is 2.36. The topological polar surface area (TPSA) is 66.0 Å². The molecule has 0 radical (unpaired) electrons. The van der Waals surface area contributed by atoms with E-state index in [1.54, 1.807) is 36.6 Å². The highest BCUT2D eigenvalue weighted by molar-refractivity contribution is 7.98. The Morgan fingerprint density at radius 1 is 0.973 bits per heavy atom. The minimum atomic E-state index is -5.00. The van der Waals surface area contributed by atoms with Crippen molar-refractivity contribution in [3.05, 3.63) is 105 Å². The first-order valence-electron chi connectivity index (χ1n) is 10.7. The van der Waals surface area contributed by atoms with Crippen molar-refractivity contribution in [1.82, 2.24) is 4.57 Å². The van der Waals surface area contributed by atoms with Gasteiger partial charge in [-0.3, -0.25) is 4.79 Å². The summed E-state index contributed by atoms with van der Waals surface area (Å²) in [6.07, 6.45) is -3.22. The predicted molar refractivity (Wildman–Crippen MR) is 130 cm³/mol. The lowest BCUT2D eigenvalue weighted by Gasteiger charge is -2.18. The molecule has 10 heteroatoms. The number of benzene rings is 3. The molecule has 4 aromatic rings. The van der Waals surface area contributed by atoms with Crippen LogP contribution in [0.1, 0.15) is 16.7 Å². The van der Waals surface area contributed by atoms with Crippen LogP contribution in [0.5, 0.6) is 5.75 Å². The number of nitrogens with zero attached hydrogens (tertiary/aromatic N) is 2. The Bertz CT molecular complexity index is 1610. The van der Waals surface area contributed by atoms with Gasteiger partial charge in [-0.15, -0.1) is 11.8 Å². The molecule has 0 aliphatic rings. The van der Waals surface area contributed by atoms with E-state index in [1.807, 2.05) is 0 Å². The van der Waals surface area contributed by atoms with Gasteiger partial charge in [0.05, 0.1) is 17.8 Å². The largest absolute Gasteiger partial charge is 0.507 e. The monoisotopic (exact) mass is 528 g/mol. The fraction of sp³-hybridized carbons (Fsp3) is 0.111. The molecule has 1 heterocycles. The molecule has 188 valence electrons. The van der Waals surface area contributed by atoms with E-state index < -0.39 is 41.0 Å². The average Bonchev–Trinajstić information content (AvgIpc) is 2.86. The average molecular weight is 529 g/mol. The third-order valence-electron chi connectivity index (χ3n) is 5.73. The Morgan fingerprint density at radius 3 is 2.32 bits per heavy atom. The maximum atomic E-state index is 14.4. The molecule has 0 spiro atoms. The van der Waals surface area contributed by atoms with Crippen LogP contribution < -0.4 is 5.56 Å². The second-order valence-electron chi connectivity index (χ2n) is 8.02. The van der Waals surface area contributed by atoms with Gasteiger partial charge in [-0.25, -0.2) is 8.78 Å². The number of phenols is 1. The molecule has 0 fully saturated rings. The van der Waals surface area contributed by atoms with E-state index in [9.17, 15) is 37.1 Å². The Balaban J connectivity index is 1.97. The highest BCUT2D eigenvalue weighted by Crippen LogP contribution is 2.36. The maximum Gasteiger partial charge on any atom is 0.417 e. The van der Waals surface area contributed by atoms with Gasteiger partial charge in [0, 0.05) is 16.5 Å². The number of hydrogen-bond acceptors (Lipinski definition) is 4. The SMILES string of the molecule is CSc1cc(-c2cccc(-c3cc(C(F)(F)F)c(C#N)c(=O)n3Cc3ccc(F)cc3F)c2)ccc1O. The van der Waals surface area contributed by atoms with Crippen molar-refractivity contribution < 1.29 is 27.1 Å². The number of thioether (sulfide) groups is 1. The third kappa shape index (κ3) is 5.22. The van der Waals surface area contributed by atoms with Crippen LogP contribution in [0.2, 0.25) is 0 Å². The van der Waals surface area contributed by atoms with E-state index in [0.29, 0.717) is 28.2 Å². The Labute approximate surface area is 212 Å². The lowest BCUT2D eigenvalue weighted by Crippen LogP contribution is -2.29. The van der Waals surface area contributed by atoms with Gasteiger partial charge in [-0.1, -0.05) is 30.3 Å². The quantitative estimate of drug-likeness (QED) is 0.228. The Kier molecular flexibility index (Phi) is 7.09. The van der Waals surface area contributed by atoms with Gasteiger partial charge in [0.1, 0.15) is 29.0 Å². The predicted octanol–water partition coefficient (Wildman–Crippen LogP) is 6.83. The number of halogens is 5. The van der Waals surface area contributed by atoms with Crippen molar-refractivity contribution >= 4 is 11.8 Å². The standard InChI is InChI=1S/C27H17F5N2O2S/c1-37-25-10-16(6-8-24(25)35)15-3-2-4-17(9-15)23-12-21(27(30,31)32)20(13-33)26(36)34(23)14-18-5-7-19(28)11-22(18)29/h2-12,35H,14H2,1H3. The van der Waals surface area contributed by atoms with Gasteiger partial charge in [-0.05, 0) is 53.3 Å². The van der Waals surface area contributed by atoms with Crippen molar-refractivity contribution in [3.63, 3.8) is 0 Å². The summed E-state index contributed by atoms with van der Waals surface area (Å²) >= 11 is 1.31. The second kappa shape index (κ2) is 10.1. The Hall–Kier alpha value is -4.10. The minimum absolute atomic E-state index is 0.0736. The molecule has 0 aliphatic carbocycles. The van der Waals surface area contributed by atoms with Gasteiger partial charge in [0.25, 0.3) is 5.56 Å². The molecule has 37 heavy (non-hydrogen) atoms. The molecule has 0 amide bonds. The molecule has 0 saturated heterocycles. The van der Waals surface area contributed by atoms with Gasteiger partial charge in [-0.2, -0.15) is 18.4 Å². The van der Waals surface area contributed by atoms with Crippen LogP contribution >= 0.6 is 11.8 Å². The van der Waals surface area contributed by atoms with E-state index in [0.717, 1.165) is 16.7 Å². The zero-order chi connectivity index (χ0) is 26.9. The summed E-state index contributed by atoms with van der Waals surface area (Å²) in [5.74, 6) is -1.77. The molecule has 0 atom stereocenters. The number of phenolic OH excluding ortho intramolecular Hbond substituents is 1. The van der Waals surface area contributed by atoms with Crippen molar-refractivity contribution in [2.24, 2.45) is 0 Å². The summed E-state index contributed by atoms with van der Waals surface area (Å²) in [5, 5.41) is 19.3. The van der Waals surface area contributed by atoms with Crippen molar-refractivity contribution in [1.29, 1.82) is 5.26 Å². The molecule has 4 rings (SSSR count). The third-order valence-corrected chi connectivity index (χ3v) is 6.50. The molecular weight excluding hydrogens is 511 g/mol. The molecule has 4 nitrogen and oxygen atoms in total. The van der Waals surface area contributed by atoms with Crippen LogP contribution in [-0.2, 0) is 12.7 Å². The van der Waals surface area contributed by atoms with E-state index in [-0.39, 0.29) is 22.6 Å². The molecule has 0 saturated carbocycles. The van der Waals surface area contributed by atoms with Crippen molar-refractivity contribution in [3.8, 4) is 34.2 Å². The maximum absolute atomic E-state index is 14.4. The molecular formula is C27H17F5N2O2S. The van der Waals surface area contributed by atoms with Crippen molar-refractivity contribution in [2.75, 3.05) is 6.26 Å². The fourth-order valence-corrected chi connectivity index (χ4v) is 4.43. The number of aromatic hydroxyl groups is 1. The minimum Gasteiger partial charge on any atom is -0.507 e. The van der Waals surface area contributed by atoms with Crippen LogP contribution in [0.4, 0.5) is 22.0 Å². The summed E-state index contributed by atoms with van der Waals surface area (Å²) in [5.41, 5.74) is -2.70. The zero-order valence-electron chi connectivity index (χ0n) is 19.1. The summed E-state index contributed by atoms with van der Waals surface area (Å²) in [7, 11) is 0. The summed E-state index contributed by atoms with van der Waals surface area (Å²) in [6.45, 7) is -0.535. The highest BCUT2D eigenvalue weighted by atomic mass is 32.2. The molecule has 3 aromatic carbocycles. The number of hydrogen-bond donors (Lipinski definition) is 1. The van der Waals surface area contributed by atoms with Gasteiger partial charge in [0.2, 0.25) is 0 Å². The van der Waals surface area contributed by atoms with Gasteiger partial charge < -0.3 is 9.67 Å².